The molecular weight excluding hydrogens is 299 g/mol. The number of benzene rings is 1. The van der Waals surface area contributed by atoms with Crippen molar-refractivity contribution in [2.75, 3.05) is 26.4 Å². The lowest BCUT2D eigenvalue weighted by atomic mass is 10.2. The third-order valence-electron chi connectivity index (χ3n) is 2.50. The van der Waals surface area contributed by atoms with Crippen LogP contribution in [0, 0.1) is 0 Å². The molecule has 22 heavy (non-hydrogen) atoms. The Kier molecular flexibility index (Phi) is 7.45. The lowest BCUT2D eigenvalue weighted by molar-refractivity contribution is -0.173. The SMILES string of the molecule is C=CCOc1ccc(C(=O)NCCCOCC(F)(F)F)cc1. The quantitative estimate of drug-likeness (QED) is 0.563. The molecule has 0 aliphatic rings. The van der Waals surface area contributed by atoms with E-state index in [2.05, 4.69) is 16.6 Å². The number of hydrogen-bond donors (Lipinski definition) is 1. The monoisotopic (exact) mass is 317 g/mol. The average Bonchev–Trinajstić information content (AvgIpc) is 2.48. The van der Waals surface area contributed by atoms with Gasteiger partial charge in [0.25, 0.3) is 5.91 Å². The second-order valence-electron chi connectivity index (χ2n) is 4.40. The minimum atomic E-state index is -4.32. The number of halogens is 3. The molecule has 0 bridgehead atoms. The summed E-state index contributed by atoms with van der Waals surface area (Å²) in [6.07, 6.45) is -2.40. The van der Waals surface area contributed by atoms with Gasteiger partial charge in [-0.1, -0.05) is 12.7 Å². The van der Waals surface area contributed by atoms with Crippen LogP contribution in [0.5, 0.6) is 5.75 Å². The molecular formula is C15H18F3NO3. The van der Waals surface area contributed by atoms with Gasteiger partial charge in [-0.2, -0.15) is 13.2 Å². The first-order valence-electron chi connectivity index (χ1n) is 6.69. The molecule has 0 atom stereocenters. The Morgan fingerprint density at radius 3 is 2.55 bits per heavy atom. The maximum atomic E-state index is 11.8. The van der Waals surface area contributed by atoms with E-state index >= 15 is 0 Å². The molecule has 1 N–H and O–H groups in total. The van der Waals surface area contributed by atoms with Crippen LogP contribution in [0.2, 0.25) is 0 Å². The molecule has 0 heterocycles. The fourth-order valence-corrected chi connectivity index (χ4v) is 1.52. The summed E-state index contributed by atoms with van der Waals surface area (Å²) in [7, 11) is 0. The fourth-order valence-electron chi connectivity index (χ4n) is 1.52. The Morgan fingerprint density at radius 2 is 1.95 bits per heavy atom. The molecule has 7 heteroatoms. The molecule has 0 fully saturated rings. The summed E-state index contributed by atoms with van der Waals surface area (Å²) in [5.74, 6) is 0.322. The van der Waals surface area contributed by atoms with Crippen LogP contribution >= 0.6 is 0 Å². The van der Waals surface area contributed by atoms with Gasteiger partial charge in [-0.15, -0.1) is 0 Å². The zero-order valence-corrected chi connectivity index (χ0v) is 12.0. The second-order valence-corrected chi connectivity index (χ2v) is 4.40. The normalized spacial score (nSPS) is 11.0. The van der Waals surface area contributed by atoms with E-state index in [1.807, 2.05) is 0 Å². The molecule has 1 amide bonds. The summed E-state index contributed by atoms with van der Waals surface area (Å²) < 4.78 is 45.2. The number of nitrogens with one attached hydrogen (secondary N) is 1. The van der Waals surface area contributed by atoms with E-state index < -0.39 is 12.8 Å². The number of rotatable bonds is 9. The number of hydrogen-bond acceptors (Lipinski definition) is 3. The largest absolute Gasteiger partial charge is 0.490 e. The van der Waals surface area contributed by atoms with E-state index in [1.165, 1.54) is 0 Å². The van der Waals surface area contributed by atoms with Gasteiger partial charge in [0.05, 0.1) is 0 Å². The third-order valence-corrected chi connectivity index (χ3v) is 2.50. The molecule has 1 aromatic carbocycles. The molecule has 0 spiro atoms. The summed E-state index contributed by atoms with van der Waals surface area (Å²) in [5, 5.41) is 2.60. The van der Waals surface area contributed by atoms with Gasteiger partial charge in [-0.3, -0.25) is 4.79 Å². The van der Waals surface area contributed by atoms with Crippen molar-refractivity contribution < 1.29 is 27.4 Å². The molecule has 0 saturated carbocycles. The van der Waals surface area contributed by atoms with Gasteiger partial charge in [0.15, 0.2) is 0 Å². The third kappa shape index (κ3) is 7.68. The first kappa shape index (κ1) is 18.0. The molecule has 0 aliphatic heterocycles. The van der Waals surface area contributed by atoms with Crippen molar-refractivity contribution in [2.24, 2.45) is 0 Å². The first-order valence-corrected chi connectivity index (χ1v) is 6.69. The summed E-state index contributed by atoms with van der Waals surface area (Å²) in [4.78, 5) is 11.8. The van der Waals surface area contributed by atoms with E-state index in [9.17, 15) is 18.0 Å². The minimum absolute atomic E-state index is 0.0614. The maximum absolute atomic E-state index is 11.8. The van der Waals surface area contributed by atoms with E-state index in [-0.39, 0.29) is 19.1 Å². The van der Waals surface area contributed by atoms with Crippen LogP contribution in [0.4, 0.5) is 13.2 Å². The van der Waals surface area contributed by atoms with Gasteiger partial charge in [0, 0.05) is 18.7 Å². The predicted molar refractivity (Wildman–Crippen MR) is 76.0 cm³/mol. The van der Waals surface area contributed by atoms with Gasteiger partial charge in [-0.05, 0) is 30.7 Å². The van der Waals surface area contributed by atoms with Gasteiger partial charge in [0.1, 0.15) is 19.0 Å². The highest BCUT2D eigenvalue weighted by molar-refractivity contribution is 5.94. The molecule has 0 saturated heterocycles. The van der Waals surface area contributed by atoms with E-state index in [1.54, 1.807) is 30.3 Å². The van der Waals surface area contributed by atoms with Crippen LogP contribution in [0.3, 0.4) is 0 Å². The number of amides is 1. The highest BCUT2D eigenvalue weighted by Crippen LogP contribution is 2.14. The van der Waals surface area contributed by atoms with Crippen molar-refractivity contribution >= 4 is 5.91 Å². The number of carbonyl (C=O) groups excluding carboxylic acids is 1. The average molecular weight is 317 g/mol. The number of alkyl halides is 3. The van der Waals surface area contributed by atoms with Gasteiger partial charge < -0.3 is 14.8 Å². The van der Waals surface area contributed by atoms with Gasteiger partial charge >= 0.3 is 6.18 Å². The van der Waals surface area contributed by atoms with Gasteiger partial charge in [0.2, 0.25) is 0 Å². The lowest BCUT2D eigenvalue weighted by Gasteiger charge is -2.08. The predicted octanol–water partition coefficient (Wildman–Crippen LogP) is 2.95. The van der Waals surface area contributed by atoms with E-state index in [0.29, 0.717) is 24.3 Å². The summed E-state index contributed by atoms with van der Waals surface area (Å²) in [6, 6.07) is 6.53. The molecule has 0 radical (unpaired) electrons. The minimum Gasteiger partial charge on any atom is -0.490 e. The van der Waals surface area contributed by atoms with Crippen molar-refractivity contribution in [3.8, 4) is 5.75 Å². The van der Waals surface area contributed by atoms with Crippen molar-refractivity contribution in [1.29, 1.82) is 0 Å². The molecule has 1 rings (SSSR count). The summed E-state index contributed by atoms with van der Waals surface area (Å²) in [5.41, 5.74) is 0.446. The molecule has 0 unspecified atom stereocenters. The molecule has 0 aliphatic carbocycles. The summed E-state index contributed by atoms with van der Waals surface area (Å²) in [6.45, 7) is 2.82. The zero-order valence-electron chi connectivity index (χ0n) is 12.0. The first-order chi connectivity index (χ1) is 10.4. The van der Waals surface area contributed by atoms with Crippen LogP contribution < -0.4 is 10.1 Å². The molecule has 4 nitrogen and oxygen atoms in total. The topological polar surface area (TPSA) is 47.6 Å². The van der Waals surface area contributed by atoms with Crippen LogP contribution in [0.25, 0.3) is 0 Å². The Morgan fingerprint density at radius 1 is 1.27 bits per heavy atom. The molecule has 122 valence electrons. The second kappa shape index (κ2) is 9.09. The fraction of sp³-hybridized carbons (Fsp3) is 0.400. The van der Waals surface area contributed by atoms with E-state index in [4.69, 9.17) is 4.74 Å². The Labute approximate surface area is 126 Å². The molecule has 0 aromatic heterocycles. The Balaban J connectivity index is 2.23. The summed E-state index contributed by atoms with van der Waals surface area (Å²) >= 11 is 0. The zero-order chi connectivity index (χ0) is 16.4. The highest BCUT2D eigenvalue weighted by Gasteiger charge is 2.27. The smallest absolute Gasteiger partial charge is 0.411 e. The van der Waals surface area contributed by atoms with Crippen molar-refractivity contribution in [1.82, 2.24) is 5.32 Å². The van der Waals surface area contributed by atoms with Gasteiger partial charge in [-0.25, -0.2) is 0 Å². The van der Waals surface area contributed by atoms with Crippen LogP contribution in [-0.2, 0) is 4.74 Å². The van der Waals surface area contributed by atoms with Crippen molar-refractivity contribution in [3.63, 3.8) is 0 Å². The van der Waals surface area contributed by atoms with E-state index in [0.717, 1.165) is 0 Å². The lowest BCUT2D eigenvalue weighted by Crippen LogP contribution is -2.26. The molecule has 1 aromatic rings. The highest BCUT2D eigenvalue weighted by atomic mass is 19.4. The maximum Gasteiger partial charge on any atom is 0.411 e. The van der Waals surface area contributed by atoms with Crippen molar-refractivity contribution in [2.45, 2.75) is 12.6 Å². The van der Waals surface area contributed by atoms with Crippen LogP contribution in [0.1, 0.15) is 16.8 Å². The standard InChI is InChI=1S/C15H18F3NO3/c1-2-9-22-13-6-4-12(5-7-13)14(20)19-8-3-10-21-11-15(16,17)18/h2,4-7H,1,3,8-11H2,(H,19,20). The number of ether oxygens (including phenoxy) is 2. The Hall–Kier alpha value is -2.02. The Bertz CT molecular complexity index is 472. The van der Waals surface area contributed by atoms with Crippen LogP contribution in [-0.4, -0.2) is 38.4 Å². The van der Waals surface area contributed by atoms with Crippen LogP contribution in [0.15, 0.2) is 36.9 Å². The number of carbonyl (C=O) groups is 1. The van der Waals surface area contributed by atoms with Crippen molar-refractivity contribution in [3.05, 3.63) is 42.5 Å².